The molecule has 0 radical (unpaired) electrons. The Hall–Kier alpha value is -1.42. The van der Waals surface area contributed by atoms with Crippen LogP contribution >= 0.6 is 0 Å². The third-order valence-electron chi connectivity index (χ3n) is 2.25. The Labute approximate surface area is 89.9 Å². The minimum Gasteiger partial charge on any atom is -0.348 e. The van der Waals surface area contributed by atoms with E-state index in [1.54, 1.807) is 19.3 Å². The molecule has 0 aliphatic rings. The molecule has 1 rings (SSSR count). The lowest BCUT2D eigenvalue weighted by molar-refractivity contribution is -0.122. The fourth-order valence-electron chi connectivity index (χ4n) is 1.32. The van der Waals surface area contributed by atoms with Gasteiger partial charge in [-0.2, -0.15) is 0 Å². The number of hydrogen-bond acceptors (Lipinski definition) is 3. The largest absolute Gasteiger partial charge is 0.348 e. The van der Waals surface area contributed by atoms with Gasteiger partial charge in [-0.25, -0.2) is 0 Å². The Morgan fingerprint density at radius 1 is 1.53 bits per heavy atom. The molecule has 1 heterocycles. The van der Waals surface area contributed by atoms with Crippen molar-refractivity contribution in [2.75, 3.05) is 0 Å². The van der Waals surface area contributed by atoms with Crippen LogP contribution in [0.5, 0.6) is 0 Å². The number of aromatic nitrogens is 1. The number of nitrogens with zero attached hydrogens (tertiary/aromatic N) is 1. The van der Waals surface area contributed by atoms with Crippen LogP contribution in [0, 0.1) is 0 Å². The van der Waals surface area contributed by atoms with Gasteiger partial charge in [0.15, 0.2) is 0 Å². The molecule has 0 aromatic carbocycles. The summed E-state index contributed by atoms with van der Waals surface area (Å²) in [5.74, 6) is -0.126. The molecule has 2 unspecified atom stereocenters. The number of rotatable bonds is 4. The van der Waals surface area contributed by atoms with Gasteiger partial charge >= 0.3 is 0 Å². The first-order valence-corrected chi connectivity index (χ1v) is 5.11. The van der Waals surface area contributed by atoms with Crippen molar-refractivity contribution in [3.05, 3.63) is 30.1 Å². The molecule has 0 saturated heterocycles. The molecule has 0 saturated carbocycles. The van der Waals surface area contributed by atoms with Crippen LogP contribution in [0.4, 0.5) is 0 Å². The zero-order valence-corrected chi connectivity index (χ0v) is 9.10. The van der Waals surface area contributed by atoms with Crippen molar-refractivity contribution in [1.29, 1.82) is 0 Å². The molecular formula is C11H17N3O. The number of carbonyl (C=O) groups is 1. The number of nitrogens with one attached hydrogen (secondary N) is 1. The van der Waals surface area contributed by atoms with Crippen molar-refractivity contribution in [3.8, 4) is 0 Å². The van der Waals surface area contributed by atoms with E-state index in [9.17, 15) is 4.79 Å². The average molecular weight is 207 g/mol. The molecule has 4 heteroatoms. The summed E-state index contributed by atoms with van der Waals surface area (Å²) in [6, 6.07) is 3.35. The van der Waals surface area contributed by atoms with Crippen molar-refractivity contribution < 1.29 is 4.79 Å². The van der Waals surface area contributed by atoms with Gasteiger partial charge in [0.2, 0.25) is 5.91 Å². The minimum absolute atomic E-state index is 0.0199. The van der Waals surface area contributed by atoms with Crippen LogP contribution < -0.4 is 11.1 Å². The van der Waals surface area contributed by atoms with E-state index in [4.69, 9.17) is 5.73 Å². The van der Waals surface area contributed by atoms with Gasteiger partial charge in [0, 0.05) is 12.4 Å². The summed E-state index contributed by atoms with van der Waals surface area (Å²) in [6.45, 7) is 3.70. The zero-order valence-electron chi connectivity index (χ0n) is 9.10. The molecule has 2 atom stereocenters. The van der Waals surface area contributed by atoms with E-state index in [0.29, 0.717) is 0 Å². The summed E-state index contributed by atoms with van der Waals surface area (Å²) >= 11 is 0. The van der Waals surface area contributed by atoms with Crippen molar-refractivity contribution in [2.24, 2.45) is 5.73 Å². The van der Waals surface area contributed by atoms with Crippen LogP contribution in [0.2, 0.25) is 0 Å². The molecule has 82 valence electrons. The summed E-state index contributed by atoms with van der Waals surface area (Å²) in [5.41, 5.74) is 6.55. The predicted molar refractivity (Wildman–Crippen MR) is 59.1 cm³/mol. The smallest absolute Gasteiger partial charge is 0.237 e. The number of nitrogens with two attached hydrogens (primary N) is 1. The van der Waals surface area contributed by atoms with Crippen molar-refractivity contribution in [1.82, 2.24) is 10.3 Å². The van der Waals surface area contributed by atoms with Crippen LogP contribution in [-0.2, 0) is 4.79 Å². The van der Waals surface area contributed by atoms with Crippen LogP contribution in [0.15, 0.2) is 24.5 Å². The summed E-state index contributed by atoms with van der Waals surface area (Å²) in [4.78, 5) is 15.4. The normalized spacial score (nSPS) is 14.3. The number of carbonyl (C=O) groups excluding carboxylic acids is 1. The fraction of sp³-hybridized carbons (Fsp3) is 0.455. The highest BCUT2D eigenvalue weighted by molar-refractivity contribution is 5.81. The number of pyridine rings is 1. The third kappa shape index (κ3) is 3.32. The van der Waals surface area contributed by atoms with E-state index in [2.05, 4.69) is 10.3 Å². The van der Waals surface area contributed by atoms with Crippen LogP contribution in [0.25, 0.3) is 0 Å². The molecular weight excluding hydrogens is 190 g/mol. The summed E-state index contributed by atoms with van der Waals surface area (Å²) < 4.78 is 0. The van der Waals surface area contributed by atoms with Gasteiger partial charge in [-0.15, -0.1) is 0 Å². The molecule has 3 N–H and O–H groups in total. The minimum atomic E-state index is -0.471. The van der Waals surface area contributed by atoms with E-state index in [1.165, 1.54) is 0 Å². The molecule has 0 aliphatic heterocycles. The zero-order chi connectivity index (χ0) is 11.3. The summed E-state index contributed by atoms with van der Waals surface area (Å²) in [5, 5.41) is 2.89. The second kappa shape index (κ2) is 5.46. The molecule has 0 fully saturated rings. The lowest BCUT2D eigenvalue weighted by Gasteiger charge is -2.18. The molecule has 15 heavy (non-hydrogen) atoms. The Kier molecular flexibility index (Phi) is 4.24. The molecule has 4 nitrogen and oxygen atoms in total. The second-order valence-corrected chi connectivity index (χ2v) is 3.54. The highest BCUT2D eigenvalue weighted by Gasteiger charge is 2.14. The van der Waals surface area contributed by atoms with E-state index >= 15 is 0 Å². The van der Waals surface area contributed by atoms with Gasteiger partial charge in [-0.05, 0) is 31.0 Å². The monoisotopic (exact) mass is 207 g/mol. The number of amides is 1. The van der Waals surface area contributed by atoms with Crippen molar-refractivity contribution in [3.63, 3.8) is 0 Å². The van der Waals surface area contributed by atoms with Gasteiger partial charge in [-0.1, -0.05) is 6.92 Å². The standard InChI is InChI=1S/C11H17N3O/c1-3-10(14-11(15)8(2)12)9-4-6-13-7-5-9/h4-8,10H,3,12H2,1-2H3,(H,14,15). The molecule has 1 aromatic rings. The first-order valence-electron chi connectivity index (χ1n) is 5.11. The van der Waals surface area contributed by atoms with E-state index in [1.807, 2.05) is 19.1 Å². The highest BCUT2D eigenvalue weighted by Crippen LogP contribution is 2.14. The Morgan fingerprint density at radius 2 is 2.13 bits per heavy atom. The highest BCUT2D eigenvalue weighted by atomic mass is 16.2. The molecule has 1 aromatic heterocycles. The maximum Gasteiger partial charge on any atom is 0.237 e. The molecule has 0 aliphatic carbocycles. The molecule has 0 spiro atoms. The summed E-state index contributed by atoms with van der Waals surface area (Å²) in [7, 11) is 0. The third-order valence-corrected chi connectivity index (χ3v) is 2.25. The molecule has 1 amide bonds. The lowest BCUT2D eigenvalue weighted by atomic mass is 10.1. The van der Waals surface area contributed by atoms with Gasteiger partial charge < -0.3 is 11.1 Å². The van der Waals surface area contributed by atoms with Gasteiger partial charge in [0.25, 0.3) is 0 Å². The Bertz CT molecular complexity index is 311. The van der Waals surface area contributed by atoms with E-state index < -0.39 is 6.04 Å². The summed E-state index contributed by atoms with van der Waals surface area (Å²) in [6.07, 6.45) is 4.27. The van der Waals surface area contributed by atoms with Gasteiger partial charge in [0.1, 0.15) is 0 Å². The topological polar surface area (TPSA) is 68.0 Å². The van der Waals surface area contributed by atoms with Gasteiger partial charge in [-0.3, -0.25) is 9.78 Å². The average Bonchev–Trinajstić information content (AvgIpc) is 2.26. The van der Waals surface area contributed by atoms with Crippen LogP contribution in [0.3, 0.4) is 0 Å². The van der Waals surface area contributed by atoms with Crippen LogP contribution in [-0.4, -0.2) is 16.9 Å². The lowest BCUT2D eigenvalue weighted by Crippen LogP contribution is -2.40. The van der Waals surface area contributed by atoms with E-state index in [-0.39, 0.29) is 11.9 Å². The second-order valence-electron chi connectivity index (χ2n) is 3.54. The quantitative estimate of drug-likeness (QED) is 0.773. The maximum atomic E-state index is 11.4. The predicted octanol–water partition coefficient (Wildman–Crippen LogP) is 0.996. The first kappa shape index (κ1) is 11.7. The van der Waals surface area contributed by atoms with E-state index in [0.717, 1.165) is 12.0 Å². The Balaban J connectivity index is 2.69. The SMILES string of the molecule is CCC(NC(=O)C(C)N)c1ccncc1. The van der Waals surface area contributed by atoms with Gasteiger partial charge in [0.05, 0.1) is 12.1 Å². The fourth-order valence-corrected chi connectivity index (χ4v) is 1.32. The molecule has 0 bridgehead atoms. The Morgan fingerprint density at radius 3 is 2.60 bits per heavy atom. The van der Waals surface area contributed by atoms with Crippen molar-refractivity contribution >= 4 is 5.91 Å². The van der Waals surface area contributed by atoms with Crippen LogP contribution in [0.1, 0.15) is 31.9 Å². The maximum absolute atomic E-state index is 11.4. The van der Waals surface area contributed by atoms with Crippen molar-refractivity contribution in [2.45, 2.75) is 32.4 Å². The number of hydrogen-bond donors (Lipinski definition) is 2. The first-order chi connectivity index (χ1) is 7.15.